The molecule has 8 aromatic carbocycles. The van der Waals surface area contributed by atoms with E-state index in [0.29, 0.717) is 0 Å². The third-order valence-corrected chi connectivity index (χ3v) is 15.7. The van der Waals surface area contributed by atoms with Crippen molar-refractivity contribution < 1.29 is 0 Å². The van der Waals surface area contributed by atoms with Crippen LogP contribution in [0.15, 0.2) is 188 Å². The van der Waals surface area contributed by atoms with Crippen LogP contribution in [0.1, 0.15) is 71.6 Å². The molecule has 1 aromatic heterocycles. The lowest BCUT2D eigenvalue weighted by Crippen LogP contribution is -2.60. The third-order valence-electron chi connectivity index (χ3n) is 14.5. The highest BCUT2D eigenvalue weighted by molar-refractivity contribution is 7.33. The topological polar surface area (TPSA) is 9.72 Å². The Hall–Kier alpha value is -6.82. The zero-order valence-electron chi connectivity index (χ0n) is 38.9. The van der Waals surface area contributed by atoms with Gasteiger partial charge in [-0.2, -0.15) is 0 Å². The van der Waals surface area contributed by atoms with Gasteiger partial charge in [0.25, 0.3) is 6.71 Å². The normalized spacial score (nSPS) is 15.3. The van der Waals surface area contributed by atoms with Crippen LogP contribution in [0.5, 0.6) is 0 Å². The maximum atomic E-state index is 2.61. The van der Waals surface area contributed by atoms with Crippen LogP contribution in [0, 0.1) is 0 Å². The fraction of sp³-hybridized carbons (Fsp3) is 0.180. The summed E-state index contributed by atoms with van der Waals surface area (Å²) in [5.41, 5.74) is 20.1. The molecule has 3 nitrogen and oxygen atoms in total. The van der Waals surface area contributed by atoms with Crippen LogP contribution in [0.25, 0.3) is 21.2 Å². The first-order valence-electron chi connectivity index (χ1n) is 23.5. The van der Waals surface area contributed by atoms with Crippen molar-refractivity contribution in [1.29, 1.82) is 0 Å². The molecule has 0 fully saturated rings. The average molecular weight is 872 g/mol. The summed E-state index contributed by atoms with van der Waals surface area (Å²) in [5, 5.41) is 1.30. The molecule has 0 radical (unpaired) electrons. The lowest BCUT2D eigenvalue weighted by atomic mass is 9.36. The Morgan fingerprint density at radius 2 is 1.12 bits per heavy atom. The zero-order valence-corrected chi connectivity index (χ0v) is 39.7. The fourth-order valence-electron chi connectivity index (χ4n) is 11.7. The highest BCUT2D eigenvalue weighted by Crippen LogP contribution is 2.54. The van der Waals surface area contributed by atoms with Gasteiger partial charge < -0.3 is 14.7 Å². The molecular weight excluding hydrogens is 818 g/mol. The Bertz CT molecular complexity index is 3290. The first-order valence-corrected chi connectivity index (χ1v) is 24.3. The van der Waals surface area contributed by atoms with Gasteiger partial charge in [0.15, 0.2) is 0 Å². The van der Waals surface area contributed by atoms with Gasteiger partial charge in [0.05, 0.1) is 11.4 Å². The summed E-state index contributed by atoms with van der Waals surface area (Å²) >= 11 is 1.97. The highest BCUT2D eigenvalue weighted by Gasteiger charge is 2.47. The molecule has 0 atom stereocenters. The lowest BCUT2D eigenvalue weighted by molar-refractivity contribution is 0.403. The van der Waals surface area contributed by atoms with Crippen LogP contribution in [-0.4, -0.2) is 6.71 Å². The number of benzene rings is 8. The molecule has 2 aliphatic heterocycles. The maximum absolute atomic E-state index is 2.61. The summed E-state index contributed by atoms with van der Waals surface area (Å²) in [5.74, 6) is 0. The molecule has 12 rings (SSSR count). The summed E-state index contributed by atoms with van der Waals surface area (Å²) in [4.78, 5) is 7.65. The molecule has 322 valence electrons. The van der Waals surface area contributed by atoms with E-state index in [1.54, 1.807) is 0 Å². The van der Waals surface area contributed by atoms with E-state index in [2.05, 4.69) is 251 Å². The maximum Gasteiger partial charge on any atom is 0.264 e. The first-order chi connectivity index (χ1) is 31.9. The van der Waals surface area contributed by atoms with Crippen molar-refractivity contribution in [2.24, 2.45) is 0 Å². The van der Waals surface area contributed by atoms with Crippen molar-refractivity contribution in [3.05, 3.63) is 205 Å². The summed E-state index contributed by atoms with van der Waals surface area (Å²) in [6, 6.07) is 70.6. The lowest BCUT2D eigenvalue weighted by Gasteiger charge is -2.44. The molecule has 3 heterocycles. The Labute approximate surface area is 394 Å². The van der Waals surface area contributed by atoms with Crippen LogP contribution in [0.4, 0.5) is 51.2 Å². The van der Waals surface area contributed by atoms with E-state index in [1.165, 1.54) is 82.0 Å². The second-order valence-corrected chi connectivity index (χ2v) is 22.0. The standard InChI is InChI=1S/C61H54BN3S/c1-59(2,3)42-29-33-55-48(35-42)57-58(66-55)62-51-34-41(40-20-12-8-13-21-40)28-32-52(51)64(46-30-31-49-50(36-46)61(6,7)39-60(49,4)5)53-37-47(38-54(56(53)62)65(57)45-26-18-11-19-27-45)63(43-22-14-9-15-23-43)44-24-16-10-17-25-44/h8-38H,39H2,1-7H3. The molecule has 5 heteroatoms. The Morgan fingerprint density at radius 3 is 1.77 bits per heavy atom. The van der Waals surface area contributed by atoms with Gasteiger partial charge in [0.1, 0.15) is 0 Å². The number of thiophene rings is 1. The predicted octanol–water partition coefficient (Wildman–Crippen LogP) is 15.4. The predicted molar refractivity (Wildman–Crippen MR) is 285 cm³/mol. The second-order valence-electron chi connectivity index (χ2n) is 20.9. The number of para-hydroxylation sites is 3. The van der Waals surface area contributed by atoms with Crippen LogP contribution in [-0.2, 0) is 16.2 Å². The third kappa shape index (κ3) is 6.38. The van der Waals surface area contributed by atoms with Gasteiger partial charge in [-0.05, 0) is 140 Å². The summed E-state index contributed by atoms with van der Waals surface area (Å²) in [6.07, 6.45) is 1.11. The second kappa shape index (κ2) is 14.9. The molecule has 0 unspecified atom stereocenters. The van der Waals surface area contributed by atoms with Crippen LogP contribution >= 0.6 is 11.3 Å². The van der Waals surface area contributed by atoms with E-state index < -0.39 is 0 Å². The number of anilines is 9. The van der Waals surface area contributed by atoms with Gasteiger partial charge in [-0.15, -0.1) is 11.3 Å². The monoisotopic (exact) mass is 871 g/mol. The molecule has 0 bridgehead atoms. The Kier molecular flexibility index (Phi) is 9.15. The minimum atomic E-state index is -0.0175. The van der Waals surface area contributed by atoms with Crippen molar-refractivity contribution in [1.82, 2.24) is 0 Å². The minimum Gasteiger partial charge on any atom is -0.311 e. The van der Waals surface area contributed by atoms with Gasteiger partial charge in [-0.1, -0.05) is 158 Å². The Balaban J connectivity index is 1.23. The van der Waals surface area contributed by atoms with Crippen LogP contribution < -0.4 is 30.4 Å². The minimum absolute atomic E-state index is 0.0124. The fourth-order valence-corrected chi connectivity index (χ4v) is 13.0. The molecule has 66 heavy (non-hydrogen) atoms. The highest BCUT2D eigenvalue weighted by atomic mass is 32.1. The van der Waals surface area contributed by atoms with Crippen molar-refractivity contribution >= 4 is 95.0 Å². The molecule has 0 N–H and O–H groups in total. The molecular formula is C61H54BN3S. The van der Waals surface area contributed by atoms with Crippen LogP contribution in [0.2, 0.25) is 0 Å². The van der Waals surface area contributed by atoms with Crippen LogP contribution in [0.3, 0.4) is 0 Å². The van der Waals surface area contributed by atoms with E-state index in [1.807, 2.05) is 11.3 Å². The smallest absolute Gasteiger partial charge is 0.264 e. The van der Waals surface area contributed by atoms with E-state index >= 15 is 0 Å². The first kappa shape index (κ1) is 40.7. The molecule has 9 aromatic rings. The van der Waals surface area contributed by atoms with E-state index in [-0.39, 0.29) is 23.0 Å². The zero-order chi connectivity index (χ0) is 45.1. The summed E-state index contributed by atoms with van der Waals surface area (Å²) < 4.78 is 2.69. The van der Waals surface area contributed by atoms with Gasteiger partial charge in [0, 0.05) is 54.7 Å². The van der Waals surface area contributed by atoms with Gasteiger partial charge in [0.2, 0.25) is 0 Å². The Morgan fingerprint density at radius 1 is 0.515 bits per heavy atom. The SMILES string of the molecule is CC(C)(C)c1ccc2sc3c(c2c1)N(c1ccccc1)c1cc(N(c2ccccc2)c2ccccc2)cc2c1B3c1cc(-c3ccccc3)ccc1N2c1ccc2c(c1)C(C)(C)CC2(C)C. The molecule has 0 spiro atoms. The van der Waals surface area contributed by atoms with Gasteiger partial charge in [-0.3, -0.25) is 0 Å². The van der Waals surface area contributed by atoms with E-state index in [9.17, 15) is 0 Å². The number of hydrogen-bond acceptors (Lipinski definition) is 4. The van der Waals surface area contributed by atoms with Gasteiger partial charge >= 0.3 is 0 Å². The van der Waals surface area contributed by atoms with E-state index in [0.717, 1.165) is 29.2 Å². The van der Waals surface area contributed by atoms with E-state index in [4.69, 9.17) is 0 Å². The summed E-state index contributed by atoms with van der Waals surface area (Å²) in [7, 11) is 0. The largest absolute Gasteiger partial charge is 0.311 e. The van der Waals surface area contributed by atoms with Crippen molar-refractivity contribution in [3.8, 4) is 11.1 Å². The quantitative estimate of drug-likeness (QED) is 0.154. The van der Waals surface area contributed by atoms with Gasteiger partial charge in [-0.25, -0.2) is 0 Å². The number of nitrogens with zero attached hydrogens (tertiary/aromatic N) is 3. The summed E-state index contributed by atoms with van der Waals surface area (Å²) in [6.45, 7) is 16.7. The molecule has 0 amide bonds. The van der Waals surface area contributed by atoms with Crippen molar-refractivity contribution in [2.75, 3.05) is 14.7 Å². The molecule has 3 aliphatic rings. The number of rotatable bonds is 6. The molecule has 0 saturated heterocycles. The number of fused-ring (bicyclic) bond motifs is 7. The van der Waals surface area contributed by atoms with Crippen molar-refractivity contribution in [3.63, 3.8) is 0 Å². The molecule has 0 saturated carbocycles. The number of hydrogen-bond donors (Lipinski definition) is 0. The average Bonchev–Trinajstić information content (AvgIpc) is 3.79. The molecule has 1 aliphatic carbocycles. The van der Waals surface area contributed by atoms with Crippen molar-refractivity contribution in [2.45, 2.75) is 71.1 Å².